The number of benzene rings is 2. The van der Waals surface area contributed by atoms with Gasteiger partial charge in [-0.3, -0.25) is 9.59 Å². The highest BCUT2D eigenvalue weighted by Gasteiger charge is 2.25. The molecule has 0 radical (unpaired) electrons. The molecule has 4 rings (SSSR count). The first-order valence-electron chi connectivity index (χ1n) is 12.2. The molecule has 1 saturated heterocycles. The van der Waals surface area contributed by atoms with Crippen molar-refractivity contribution in [2.75, 3.05) is 38.4 Å². The van der Waals surface area contributed by atoms with E-state index in [1.54, 1.807) is 24.0 Å². The summed E-state index contributed by atoms with van der Waals surface area (Å²) in [6, 6.07) is 5.31. The number of aliphatic hydroxyl groups excluding tert-OH is 1. The minimum absolute atomic E-state index is 0.0420. The Kier molecular flexibility index (Phi) is 8.35. The normalized spacial score (nSPS) is 14.3. The van der Waals surface area contributed by atoms with Crippen molar-refractivity contribution in [3.05, 3.63) is 68.2 Å². The van der Waals surface area contributed by atoms with Gasteiger partial charge in [0.05, 0.1) is 36.9 Å². The van der Waals surface area contributed by atoms with E-state index in [1.165, 1.54) is 30.0 Å². The van der Waals surface area contributed by atoms with Crippen LogP contribution < -0.4 is 15.1 Å². The zero-order valence-electron chi connectivity index (χ0n) is 21.0. The fraction of sp³-hybridized carbons (Fsp3) is 0.370. The first-order valence-corrected chi connectivity index (χ1v) is 12.5. The van der Waals surface area contributed by atoms with Gasteiger partial charge in [-0.2, -0.15) is 0 Å². The molecule has 0 saturated carbocycles. The molecular formula is C27H28ClFN2O7. The van der Waals surface area contributed by atoms with Gasteiger partial charge in [-0.1, -0.05) is 11.6 Å². The number of aliphatic hydroxyl groups is 1. The summed E-state index contributed by atoms with van der Waals surface area (Å²) < 4.78 is 27.6. The molecule has 1 unspecified atom stereocenters. The number of anilines is 1. The van der Waals surface area contributed by atoms with E-state index in [-0.39, 0.29) is 41.5 Å². The summed E-state index contributed by atoms with van der Waals surface area (Å²) in [7, 11) is 1.42. The quantitative estimate of drug-likeness (QED) is 0.397. The lowest BCUT2D eigenvalue weighted by Crippen LogP contribution is -2.25. The minimum Gasteiger partial charge on any atom is -0.496 e. The zero-order chi connectivity index (χ0) is 27.6. The summed E-state index contributed by atoms with van der Waals surface area (Å²) in [6.45, 7) is 2.39. The van der Waals surface area contributed by atoms with Crippen molar-refractivity contribution >= 4 is 40.1 Å². The topological polar surface area (TPSA) is 118 Å². The van der Waals surface area contributed by atoms with Gasteiger partial charge in [0, 0.05) is 49.3 Å². The molecule has 2 N–H and O–H groups in total. The van der Waals surface area contributed by atoms with E-state index in [0.717, 1.165) is 0 Å². The smallest absolute Gasteiger partial charge is 0.341 e. The van der Waals surface area contributed by atoms with Gasteiger partial charge in [0.1, 0.15) is 17.1 Å². The zero-order valence-corrected chi connectivity index (χ0v) is 21.8. The van der Waals surface area contributed by atoms with Crippen LogP contribution in [-0.2, 0) is 16.0 Å². The highest BCUT2D eigenvalue weighted by Crippen LogP contribution is 2.33. The van der Waals surface area contributed by atoms with Crippen LogP contribution in [0.15, 0.2) is 35.3 Å². The van der Waals surface area contributed by atoms with E-state index in [0.29, 0.717) is 48.5 Å². The second-order valence-electron chi connectivity index (χ2n) is 8.99. The largest absolute Gasteiger partial charge is 0.496 e. The SMILES string of the molecule is CCOCC(CO)n1cc(C(=O)O)c(=O)c2cc(Cc3cc(N4CCCC4=O)cc(Cl)c3F)c(OC)cc21. The van der Waals surface area contributed by atoms with E-state index >= 15 is 4.39 Å². The number of nitrogens with zero attached hydrogens (tertiary/aromatic N) is 2. The summed E-state index contributed by atoms with van der Waals surface area (Å²) in [5.74, 6) is -1.84. The molecule has 1 amide bonds. The summed E-state index contributed by atoms with van der Waals surface area (Å²) >= 11 is 6.18. The molecule has 0 bridgehead atoms. The van der Waals surface area contributed by atoms with E-state index in [2.05, 4.69) is 0 Å². The molecule has 11 heteroatoms. The maximum Gasteiger partial charge on any atom is 0.341 e. The van der Waals surface area contributed by atoms with Crippen LogP contribution in [0.25, 0.3) is 10.9 Å². The lowest BCUT2D eigenvalue weighted by molar-refractivity contribution is -0.117. The Morgan fingerprint density at radius 1 is 1.21 bits per heavy atom. The first kappa shape index (κ1) is 27.6. The molecule has 1 atom stereocenters. The van der Waals surface area contributed by atoms with Crippen molar-refractivity contribution in [3.63, 3.8) is 0 Å². The predicted octanol–water partition coefficient (Wildman–Crippen LogP) is 3.79. The summed E-state index contributed by atoms with van der Waals surface area (Å²) in [5.41, 5.74) is 0.198. The number of ether oxygens (including phenoxy) is 2. The average Bonchev–Trinajstić information content (AvgIpc) is 3.33. The van der Waals surface area contributed by atoms with Crippen LogP contribution in [0, 0.1) is 5.82 Å². The fourth-order valence-electron chi connectivity index (χ4n) is 4.72. The maximum absolute atomic E-state index is 15.1. The van der Waals surface area contributed by atoms with Crippen molar-refractivity contribution in [2.45, 2.75) is 32.2 Å². The third-order valence-corrected chi connectivity index (χ3v) is 6.91. The number of amides is 1. The summed E-state index contributed by atoms with van der Waals surface area (Å²) in [5, 5.41) is 19.6. The third kappa shape index (κ3) is 5.24. The number of carboxylic acids is 1. The molecule has 3 aromatic rings. The Morgan fingerprint density at radius 3 is 2.58 bits per heavy atom. The Morgan fingerprint density at radius 2 is 1.97 bits per heavy atom. The number of methoxy groups -OCH3 is 1. The summed E-state index contributed by atoms with van der Waals surface area (Å²) in [4.78, 5) is 38.9. The van der Waals surface area contributed by atoms with Gasteiger partial charge in [-0.15, -0.1) is 0 Å². The second-order valence-corrected chi connectivity index (χ2v) is 9.39. The molecule has 1 fully saturated rings. The van der Waals surface area contributed by atoms with Gasteiger partial charge in [0.2, 0.25) is 11.3 Å². The van der Waals surface area contributed by atoms with Gasteiger partial charge in [-0.25, -0.2) is 9.18 Å². The van der Waals surface area contributed by atoms with E-state index in [4.69, 9.17) is 21.1 Å². The molecule has 1 aliphatic rings. The number of aromatic carboxylic acids is 1. The molecule has 0 aliphatic carbocycles. The van der Waals surface area contributed by atoms with Crippen LogP contribution in [-0.4, -0.2) is 60.1 Å². The minimum atomic E-state index is -1.42. The number of aromatic nitrogens is 1. The van der Waals surface area contributed by atoms with E-state index in [1.807, 2.05) is 0 Å². The van der Waals surface area contributed by atoms with Gasteiger partial charge in [0.15, 0.2) is 0 Å². The molecule has 2 heterocycles. The lowest BCUT2D eigenvalue weighted by Gasteiger charge is -2.22. The van der Waals surface area contributed by atoms with Gasteiger partial charge in [0.25, 0.3) is 0 Å². The number of halogens is 2. The number of pyridine rings is 1. The van der Waals surface area contributed by atoms with Crippen molar-refractivity contribution in [1.29, 1.82) is 0 Å². The highest BCUT2D eigenvalue weighted by atomic mass is 35.5. The number of carbonyl (C=O) groups excluding carboxylic acids is 1. The monoisotopic (exact) mass is 546 g/mol. The Labute approximate surface area is 223 Å². The second kappa shape index (κ2) is 11.5. The van der Waals surface area contributed by atoms with Crippen molar-refractivity contribution in [3.8, 4) is 5.75 Å². The molecule has 0 spiro atoms. The Hall–Kier alpha value is -3.47. The predicted molar refractivity (Wildman–Crippen MR) is 140 cm³/mol. The van der Waals surface area contributed by atoms with Crippen LogP contribution >= 0.6 is 11.6 Å². The van der Waals surface area contributed by atoms with Crippen molar-refractivity contribution < 1.29 is 33.7 Å². The molecule has 1 aromatic heterocycles. The number of carbonyl (C=O) groups is 2. The maximum atomic E-state index is 15.1. The first-order chi connectivity index (χ1) is 18.2. The number of rotatable bonds is 10. The van der Waals surface area contributed by atoms with Gasteiger partial charge in [-0.05, 0) is 42.7 Å². The molecule has 202 valence electrons. The molecule has 2 aromatic carbocycles. The Bertz CT molecular complexity index is 1460. The third-order valence-electron chi connectivity index (χ3n) is 6.64. The van der Waals surface area contributed by atoms with E-state index < -0.39 is 28.8 Å². The molecule has 38 heavy (non-hydrogen) atoms. The lowest BCUT2D eigenvalue weighted by atomic mass is 9.99. The van der Waals surface area contributed by atoms with Crippen LogP contribution in [0.4, 0.5) is 10.1 Å². The van der Waals surface area contributed by atoms with Crippen LogP contribution in [0.2, 0.25) is 5.02 Å². The van der Waals surface area contributed by atoms with Crippen LogP contribution in [0.1, 0.15) is 47.3 Å². The fourth-order valence-corrected chi connectivity index (χ4v) is 4.95. The van der Waals surface area contributed by atoms with Crippen LogP contribution in [0.5, 0.6) is 5.75 Å². The van der Waals surface area contributed by atoms with Gasteiger partial charge >= 0.3 is 5.97 Å². The number of hydrogen-bond acceptors (Lipinski definition) is 6. The summed E-state index contributed by atoms with van der Waals surface area (Å²) in [6.07, 6.45) is 2.23. The van der Waals surface area contributed by atoms with E-state index in [9.17, 15) is 24.6 Å². The van der Waals surface area contributed by atoms with Crippen LogP contribution in [0.3, 0.4) is 0 Å². The number of carboxylic acid groups (broad SMARTS) is 1. The van der Waals surface area contributed by atoms with Gasteiger partial charge < -0.3 is 29.2 Å². The Balaban J connectivity index is 1.88. The van der Waals surface area contributed by atoms with Crippen molar-refractivity contribution in [1.82, 2.24) is 4.57 Å². The number of hydrogen-bond donors (Lipinski definition) is 2. The van der Waals surface area contributed by atoms with Crippen molar-refractivity contribution in [2.24, 2.45) is 0 Å². The molecule has 1 aliphatic heterocycles. The highest BCUT2D eigenvalue weighted by molar-refractivity contribution is 6.31. The standard InChI is InChI=1S/C27H28ClFN2O7/c1-3-38-14-18(13-32)31-12-20(27(35)36)26(34)19-9-15(23(37-2)11-22(19)31)7-16-8-17(10-21(28)25(16)29)30-6-4-5-24(30)33/h8-12,18,32H,3-7,13-14H2,1-2H3,(H,35,36). The molecule has 9 nitrogen and oxygen atoms in total. The molecular weight excluding hydrogens is 519 g/mol. The number of fused-ring (bicyclic) bond motifs is 1. The average molecular weight is 547 g/mol.